The normalized spacial score (nSPS) is 11.3. The van der Waals surface area contributed by atoms with Gasteiger partial charge in [0.2, 0.25) is 0 Å². The molecular weight excluding hydrogens is 410 g/mol. The quantitative estimate of drug-likeness (QED) is 0.333. The Hall–Kier alpha value is -3.09. The summed E-state index contributed by atoms with van der Waals surface area (Å²) in [6.07, 6.45) is 0. The molecule has 0 N–H and O–H groups in total. The fourth-order valence-electron chi connectivity index (χ4n) is 3.40. The van der Waals surface area contributed by atoms with Crippen molar-refractivity contribution in [3.63, 3.8) is 0 Å². The molecule has 148 valence electrons. The molecule has 0 radical (unpaired) electrons. The second kappa shape index (κ2) is 7.63. The molecule has 6 heteroatoms. The summed E-state index contributed by atoms with van der Waals surface area (Å²) in [5.74, 6) is -0.117. The summed E-state index contributed by atoms with van der Waals surface area (Å²) >= 11 is 2.97. The van der Waals surface area contributed by atoms with Crippen molar-refractivity contribution in [1.82, 2.24) is 9.97 Å². The third kappa shape index (κ3) is 3.38. The molecule has 0 aliphatic heterocycles. The van der Waals surface area contributed by atoms with Gasteiger partial charge in [-0.1, -0.05) is 59.9 Å². The summed E-state index contributed by atoms with van der Waals surface area (Å²) in [7, 11) is 0. The number of nitrogens with zero attached hydrogens (tertiary/aromatic N) is 3. The topological polar surface area (TPSA) is 46.1 Å². The van der Waals surface area contributed by atoms with Crippen LogP contribution in [0.4, 0.5) is 5.13 Å². The molecule has 0 saturated heterocycles. The van der Waals surface area contributed by atoms with Gasteiger partial charge in [0, 0.05) is 0 Å². The van der Waals surface area contributed by atoms with Gasteiger partial charge < -0.3 is 0 Å². The van der Waals surface area contributed by atoms with Gasteiger partial charge in [-0.2, -0.15) is 0 Å². The molecule has 0 bridgehead atoms. The maximum absolute atomic E-state index is 13.6. The van der Waals surface area contributed by atoms with Crippen LogP contribution in [0.15, 0.2) is 66.7 Å². The van der Waals surface area contributed by atoms with E-state index in [0.717, 1.165) is 31.6 Å². The summed E-state index contributed by atoms with van der Waals surface area (Å²) in [4.78, 5) is 24.8. The minimum Gasteiger partial charge on any atom is -0.277 e. The molecule has 0 spiro atoms. The molecule has 30 heavy (non-hydrogen) atoms. The van der Waals surface area contributed by atoms with Gasteiger partial charge in [0.15, 0.2) is 10.1 Å². The first-order chi connectivity index (χ1) is 14.6. The lowest BCUT2D eigenvalue weighted by Crippen LogP contribution is -2.30. The van der Waals surface area contributed by atoms with E-state index in [-0.39, 0.29) is 5.91 Å². The van der Waals surface area contributed by atoms with E-state index in [2.05, 4.69) is 31.0 Å². The van der Waals surface area contributed by atoms with Crippen LogP contribution in [0.5, 0.6) is 0 Å². The highest BCUT2D eigenvalue weighted by molar-refractivity contribution is 7.23. The van der Waals surface area contributed by atoms with Crippen molar-refractivity contribution < 1.29 is 4.79 Å². The average molecular weight is 430 g/mol. The fraction of sp³-hybridized carbons (Fsp3) is 0.125. The number of aryl methyl sites for hydroxylation is 2. The van der Waals surface area contributed by atoms with E-state index in [1.807, 2.05) is 54.6 Å². The zero-order valence-corrected chi connectivity index (χ0v) is 18.3. The molecule has 3 aromatic carbocycles. The van der Waals surface area contributed by atoms with Gasteiger partial charge in [0.05, 0.1) is 27.0 Å². The van der Waals surface area contributed by atoms with Crippen molar-refractivity contribution in [3.8, 4) is 0 Å². The van der Waals surface area contributed by atoms with Crippen molar-refractivity contribution in [1.29, 1.82) is 0 Å². The van der Waals surface area contributed by atoms with Crippen molar-refractivity contribution in [2.75, 3.05) is 4.90 Å². The number of hydrogen-bond donors (Lipinski definition) is 0. The maximum Gasteiger partial charge on any atom is 0.289 e. The molecule has 0 atom stereocenters. The number of carbonyl (C=O) groups excluding carboxylic acids is 1. The molecule has 4 nitrogen and oxygen atoms in total. The summed E-state index contributed by atoms with van der Waals surface area (Å²) in [5.41, 5.74) is 5.22. The lowest BCUT2D eigenvalue weighted by atomic mass is 10.1. The largest absolute Gasteiger partial charge is 0.289 e. The lowest BCUT2D eigenvalue weighted by Gasteiger charge is -2.18. The number of amides is 1. The highest BCUT2D eigenvalue weighted by Crippen LogP contribution is 2.34. The summed E-state index contributed by atoms with van der Waals surface area (Å²) in [6.45, 7) is 4.62. The van der Waals surface area contributed by atoms with Crippen LogP contribution in [0.1, 0.15) is 26.5 Å². The van der Waals surface area contributed by atoms with Crippen LogP contribution in [-0.4, -0.2) is 15.9 Å². The fourth-order valence-corrected chi connectivity index (χ4v) is 5.34. The number of benzene rings is 3. The maximum atomic E-state index is 13.6. The Morgan fingerprint density at radius 2 is 1.63 bits per heavy atom. The van der Waals surface area contributed by atoms with Crippen molar-refractivity contribution >= 4 is 54.1 Å². The van der Waals surface area contributed by atoms with Gasteiger partial charge in [-0.25, -0.2) is 9.97 Å². The number of carbonyl (C=O) groups is 1. The van der Waals surface area contributed by atoms with E-state index in [1.54, 1.807) is 16.2 Å². The Morgan fingerprint density at radius 3 is 2.43 bits per heavy atom. The molecule has 2 heterocycles. The Labute approximate surface area is 182 Å². The number of hydrogen-bond acceptors (Lipinski definition) is 5. The monoisotopic (exact) mass is 429 g/mol. The molecule has 1 amide bonds. The number of aromatic nitrogens is 2. The Bertz CT molecular complexity index is 1340. The Kier molecular flexibility index (Phi) is 4.81. The van der Waals surface area contributed by atoms with Gasteiger partial charge in [-0.05, 0) is 48.7 Å². The van der Waals surface area contributed by atoms with E-state index in [4.69, 9.17) is 4.98 Å². The van der Waals surface area contributed by atoms with Crippen molar-refractivity contribution in [2.45, 2.75) is 20.4 Å². The van der Waals surface area contributed by atoms with Crippen LogP contribution in [0.3, 0.4) is 0 Å². The van der Waals surface area contributed by atoms with Crippen molar-refractivity contribution in [2.24, 2.45) is 0 Å². The highest BCUT2D eigenvalue weighted by atomic mass is 32.1. The molecule has 0 aliphatic rings. The summed E-state index contributed by atoms with van der Waals surface area (Å²) in [5, 5.41) is 1.19. The molecule has 0 saturated carbocycles. The average Bonchev–Trinajstić information content (AvgIpc) is 3.39. The minimum absolute atomic E-state index is 0.117. The number of thiazole rings is 2. The van der Waals surface area contributed by atoms with Crippen LogP contribution in [0, 0.1) is 13.8 Å². The van der Waals surface area contributed by atoms with E-state index in [0.29, 0.717) is 16.7 Å². The van der Waals surface area contributed by atoms with Crippen LogP contribution in [0.2, 0.25) is 0 Å². The van der Waals surface area contributed by atoms with Gasteiger partial charge >= 0.3 is 0 Å². The zero-order valence-electron chi connectivity index (χ0n) is 16.6. The van der Waals surface area contributed by atoms with Gasteiger partial charge in [-0.15, -0.1) is 11.3 Å². The third-order valence-electron chi connectivity index (χ3n) is 5.21. The number of para-hydroxylation sites is 1. The molecule has 2 aromatic heterocycles. The predicted molar refractivity (Wildman–Crippen MR) is 126 cm³/mol. The molecule has 0 unspecified atom stereocenters. The van der Waals surface area contributed by atoms with E-state index >= 15 is 0 Å². The summed E-state index contributed by atoms with van der Waals surface area (Å²) < 4.78 is 2.10. The van der Waals surface area contributed by atoms with Gasteiger partial charge in [0.1, 0.15) is 0 Å². The first kappa shape index (κ1) is 18.9. The SMILES string of the molecule is Cc1ccc2sc(N(Cc3ccccc3)C(=O)c3nc4ccccc4s3)nc2c1C. The van der Waals surface area contributed by atoms with E-state index in [1.165, 1.54) is 16.9 Å². The minimum atomic E-state index is -0.117. The standard InChI is InChI=1S/C24H19N3OS2/c1-15-12-13-20-21(16(15)2)26-24(30-20)27(14-17-8-4-3-5-9-17)23(28)22-25-18-10-6-7-11-19(18)29-22/h3-13H,14H2,1-2H3. The molecule has 0 aliphatic carbocycles. The van der Waals surface area contributed by atoms with E-state index < -0.39 is 0 Å². The summed E-state index contributed by atoms with van der Waals surface area (Å²) in [6, 6.07) is 22.0. The smallest absolute Gasteiger partial charge is 0.277 e. The second-order valence-corrected chi connectivity index (χ2v) is 9.25. The van der Waals surface area contributed by atoms with Crippen LogP contribution in [0.25, 0.3) is 20.4 Å². The first-order valence-corrected chi connectivity index (χ1v) is 11.3. The van der Waals surface area contributed by atoms with E-state index in [9.17, 15) is 4.79 Å². The highest BCUT2D eigenvalue weighted by Gasteiger charge is 2.25. The molecular formula is C24H19N3OS2. The van der Waals surface area contributed by atoms with Crippen molar-refractivity contribution in [3.05, 3.63) is 88.4 Å². The Morgan fingerprint density at radius 1 is 0.867 bits per heavy atom. The van der Waals surface area contributed by atoms with Gasteiger partial charge in [0.25, 0.3) is 5.91 Å². The molecule has 5 aromatic rings. The number of rotatable bonds is 4. The first-order valence-electron chi connectivity index (χ1n) is 9.68. The molecule has 5 rings (SSSR count). The molecule has 0 fully saturated rings. The second-order valence-electron chi connectivity index (χ2n) is 7.21. The van der Waals surface area contributed by atoms with Crippen LogP contribution >= 0.6 is 22.7 Å². The zero-order chi connectivity index (χ0) is 20.7. The van der Waals surface area contributed by atoms with Crippen LogP contribution < -0.4 is 4.90 Å². The predicted octanol–water partition coefficient (Wildman–Crippen LogP) is 6.37. The van der Waals surface area contributed by atoms with Crippen LogP contribution in [-0.2, 0) is 6.54 Å². The number of anilines is 1. The Balaban J connectivity index is 1.61. The number of fused-ring (bicyclic) bond motifs is 2. The lowest BCUT2D eigenvalue weighted by molar-refractivity contribution is 0.0985. The van der Waals surface area contributed by atoms with Gasteiger partial charge in [-0.3, -0.25) is 9.69 Å². The third-order valence-corrected chi connectivity index (χ3v) is 7.28.